The average Bonchev–Trinajstić information content (AvgIpc) is 2.29. The SMILES string of the molecule is CCN(C)CCCc1ccc(B(O)O)cc1. The fourth-order valence-electron chi connectivity index (χ4n) is 1.57. The zero-order valence-electron chi connectivity index (χ0n) is 10.1. The number of hydrogen-bond acceptors (Lipinski definition) is 3. The molecule has 1 aromatic rings. The van der Waals surface area contributed by atoms with Crippen molar-refractivity contribution >= 4 is 12.6 Å². The van der Waals surface area contributed by atoms with Crippen LogP contribution in [0.15, 0.2) is 24.3 Å². The van der Waals surface area contributed by atoms with Crippen molar-refractivity contribution in [2.45, 2.75) is 19.8 Å². The molecule has 88 valence electrons. The highest BCUT2D eigenvalue weighted by Crippen LogP contribution is 2.02. The van der Waals surface area contributed by atoms with Crippen LogP contribution in [0, 0.1) is 0 Å². The maximum atomic E-state index is 8.94. The lowest BCUT2D eigenvalue weighted by Gasteiger charge is -2.13. The molecule has 2 N–H and O–H groups in total. The molecule has 16 heavy (non-hydrogen) atoms. The second kappa shape index (κ2) is 6.68. The third-order valence-corrected chi connectivity index (χ3v) is 2.82. The summed E-state index contributed by atoms with van der Waals surface area (Å²) >= 11 is 0. The highest BCUT2D eigenvalue weighted by atomic mass is 16.4. The minimum atomic E-state index is -1.36. The van der Waals surface area contributed by atoms with Crippen LogP contribution in [0.25, 0.3) is 0 Å². The zero-order chi connectivity index (χ0) is 12.0. The Balaban J connectivity index is 2.38. The summed E-state index contributed by atoms with van der Waals surface area (Å²) in [6.45, 7) is 4.33. The molecule has 3 nitrogen and oxygen atoms in total. The minimum Gasteiger partial charge on any atom is -0.423 e. The van der Waals surface area contributed by atoms with Gasteiger partial charge in [0.2, 0.25) is 0 Å². The van der Waals surface area contributed by atoms with Crippen molar-refractivity contribution in [1.29, 1.82) is 0 Å². The highest BCUT2D eigenvalue weighted by Gasteiger charge is 2.09. The van der Waals surface area contributed by atoms with Crippen LogP contribution < -0.4 is 5.46 Å². The first-order valence-electron chi connectivity index (χ1n) is 5.77. The lowest BCUT2D eigenvalue weighted by Crippen LogP contribution is -2.29. The molecular weight excluding hydrogens is 201 g/mol. The van der Waals surface area contributed by atoms with E-state index in [2.05, 4.69) is 18.9 Å². The summed E-state index contributed by atoms with van der Waals surface area (Å²) < 4.78 is 0. The van der Waals surface area contributed by atoms with Crippen LogP contribution in [-0.4, -0.2) is 42.2 Å². The number of aryl methyl sites for hydroxylation is 1. The molecule has 0 fully saturated rings. The van der Waals surface area contributed by atoms with Gasteiger partial charge in [-0.15, -0.1) is 0 Å². The highest BCUT2D eigenvalue weighted by molar-refractivity contribution is 6.58. The van der Waals surface area contributed by atoms with E-state index in [1.165, 1.54) is 5.56 Å². The number of benzene rings is 1. The van der Waals surface area contributed by atoms with Crippen LogP contribution in [0.4, 0.5) is 0 Å². The van der Waals surface area contributed by atoms with Crippen LogP contribution in [0.5, 0.6) is 0 Å². The molecule has 4 heteroatoms. The fourth-order valence-corrected chi connectivity index (χ4v) is 1.57. The Bertz CT molecular complexity index is 300. The molecule has 0 bridgehead atoms. The molecule has 0 saturated carbocycles. The maximum absolute atomic E-state index is 8.94. The second-order valence-corrected chi connectivity index (χ2v) is 4.11. The van der Waals surface area contributed by atoms with E-state index >= 15 is 0 Å². The molecule has 0 saturated heterocycles. The second-order valence-electron chi connectivity index (χ2n) is 4.11. The topological polar surface area (TPSA) is 43.7 Å². The zero-order valence-corrected chi connectivity index (χ0v) is 10.1. The minimum absolute atomic E-state index is 0.550. The number of rotatable bonds is 6. The van der Waals surface area contributed by atoms with Gasteiger partial charge in [-0.25, -0.2) is 0 Å². The third-order valence-electron chi connectivity index (χ3n) is 2.82. The molecule has 0 heterocycles. The summed E-state index contributed by atoms with van der Waals surface area (Å²) in [4.78, 5) is 2.28. The number of hydrogen-bond donors (Lipinski definition) is 2. The molecule has 0 amide bonds. The normalized spacial score (nSPS) is 10.8. The lowest BCUT2D eigenvalue weighted by molar-refractivity contribution is 0.347. The van der Waals surface area contributed by atoms with Gasteiger partial charge < -0.3 is 14.9 Å². The number of nitrogens with zero attached hydrogens (tertiary/aromatic N) is 1. The van der Waals surface area contributed by atoms with Crippen molar-refractivity contribution in [1.82, 2.24) is 4.90 Å². The molecular formula is C12H20BNO2. The first-order valence-corrected chi connectivity index (χ1v) is 5.77. The summed E-state index contributed by atoms with van der Waals surface area (Å²) in [7, 11) is 0.755. The van der Waals surface area contributed by atoms with E-state index in [1.807, 2.05) is 12.1 Å². The largest absolute Gasteiger partial charge is 0.488 e. The van der Waals surface area contributed by atoms with Crippen LogP contribution in [0.1, 0.15) is 18.9 Å². The summed E-state index contributed by atoms with van der Waals surface area (Å²) in [6, 6.07) is 7.45. The van der Waals surface area contributed by atoms with Crippen molar-refractivity contribution in [3.63, 3.8) is 0 Å². The van der Waals surface area contributed by atoms with Gasteiger partial charge in [-0.2, -0.15) is 0 Å². The monoisotopic (exact) mass is 221 g/mol. The lowest BCUT2D eigenvalue weighted by atomic mass is 9.80. The Labute approximate surface area is 97.9 Å². The molecule has 1 aromatic carbocycles. The third kappa shape index (κ3) is 4.35. The van der Waals surface area contributed by atoms with Gasteiger partial charge >= 0.3 is 7.12 Å². The molecule has 0 atom stereocenters. The first-order chi connectivity index (χ1) is 7.63. The van der Waals surface area contributed by atoms with Gasteiger partial charge in [-0.05, 0) is 44.0 Å². The summed E-state index contributed by atoms with van der Waals surface area (Å²) in [5.41, 5.74) is 1.79. The predicted octanol–water partition coefficient (Wildman–Crippen LogP) is 0.251. The van der Waals surface area contributed by atoms with Gasteiger partial charge in [-0.1, -0.05) is 31.2 Å². The van der Waals surface area contributed by atoms with Crippen LogP contribution in [0.3, 0.4) is 0 Å². The molecule has 0 spiro atoms. The van der Waals surface area contributed by atoms with E-state index in [4.69, 9.17) is 10.0 Å². The predicted molar refractivity (Wildman–Crippen MR) is 67.8 cm³/mol. The maximum Gasteiger partial charge on any atom is 0.488 e. The molecule has 0 aromatic heterocycles. The van der Waals surface area contributed by atoms with Crippen molar-refractivity contribution < 1.29 is 10.0 Å². The van der Waals surface area contributed by atoms with Crippen LogP contribution in [0.2, 0.25) is 0 Å². The van der Waals surface area contributed by atoms with E-state index in [-0.39, 0.29) is 0 Å². The molecule has 0 unspecified atom stereocenters. The van der Waals surface area contributed by atoms with Crippen molar-refractivity contribution in [2.24, 2.45) is 0 Å². The van der Waals surface area contributed by atoms with Gasteiger partial charge in [0, 0.05) is 0 Å². The van der Waals surface area contributed by atoms with Gasteiger partial charge in [-0.3, -0.25) is 0 Å². The van der Waals surface area contributed by atoms with Gasteiger partial charge in [0.05, 0.1) is 0 Å². The van der Waals surface area contributed by atoms with Gasteiger partial charge in [0.1, 0.15) is 0 Å². The quantitative estimate of drug-likeness (QED) is 0.677. The van der Waals surface area contributed by atoms with Crippen LogP contribution in [-0.2, 0) is 6.42 Å². The van der Waals surface area contributed by atoms with E-state index in [9.17, 15) is 0 Å². The van der Waals surface area contributed by atoms with Gasteiger partial charge in [0.25, 0.3) is 0 Å². The van der Waals surface area contributed by atoms with E-state index < -0.39 is 7.12 Å². The van der Waals surface area contributed by atoms with E-state index in [0.717, 1.165) is 25.9 Å². The molecule has 0 aliphatic carbocycles. The summed E-state index contributed by atoms with van der Waals surface area (Å²) in [5.74, 6) is 0. The van der Waals surface area contributed by atoms with Gasteiger partial charge in [0.15, 0.2) is 0 Å². The molecule has 0 radical (unpaired) electrons. The summed E-state index contributed by atoms with van der Waals surface area (Å²) in [6.07, 6.45) is 2.16. The van der Waals surface area contributed by atoms with Crippen molar-refractivity contribution in [3.05, 3.63) is 29.8 Å². The Morgan fingerprint density at radius 1 is 1.19 bits per heavy atom. The Morgan fingerprint density at radius 2 is 1.81 bits per heavy atom. The van der Waals surface area contributed by atoms with E-state index in [0.29, 0.717) is 5.46 Å². The Morgan fingerprint density at radius 3 is 2.31 bits per heavy atom. The van der Waals surface area contributed by atoms with Crippen molar-refractivity contribution in [2.75, 3.05) is 20.1 Å². The smallest absolute Gasteiger partial charge is 0.423 e. The summed E-state index contributed by atoms with van der Waals surface area (Å²) in [5, 5.41) is 17.9. The Hall–Kier alpha value is -0.835. The molecule has 0 aliphatic heterocycles. The van der Waals surface area contributed by atoms with Crippen LogP contribution >= 0.6 is 0 Å². The molecule has 0 aliphatic rings. The van der Waals surface area contributed by atoms with E-state index in [1.54, 1.807) is 12.1 Å². The molecule has 1 rings (SSSR count). The fraction of sp³-hybridized carbons (Fsp3) is 0.500. The van der Waals surface area contributed by atoms with Crippen molar-refractivity contribution in [3.8, 4) is 0 Å². The average molecular weight is 221 g/mol. The first kappa shape index (κ1) is 13.2. The standard InChI is InChI=1S/C12H20BNO2/c1-3-14(2)10-4-5-11-6-8-12(9-7-11)13(15)16/h6-9,15-16H,3-5,10H2,1-2H3. The Kier molecular flexibility index (Phi) is 5.53.